The first-order chi connectivity index (χ1) is 11.0. The van der Waals surface area contributed by atoms with E-state index in [2.05, 4.69) is 21.2 Å². The van der Waals surface area contributed by atoms with Crippen molar-refractivity contribution < 1.29 is 14.4 Å². The van der Waals surface area contributed by atoms with Crippen LogP contribution in [0.1, 0.15) is 18.4 Å². The summed E-state index contributed by atoms with van der Waals surface area (Å²) in [5, 5.41) is 2.74. The van der Waals surface area contributed by atoms with E-state index in [1.807, 2.05) is 31.2 Å². The van der Waals surface area contributed by atoms with Gasteiger partial charge in [-0.15, -0.1) is 0 Å². The third-order valence-corrected chi connectivity index (χ3v) is 5.23. The molecule has 0 spiro atoms. The molecule has 120 valence electrons. The Labute approximate surface area is 142 Å². The van der Waals surface area contributed by atoms with Gasteiger partial charge >= 0.3 is 0 Å². The maximum absolute atomic E-state index is 12.3. The number of anilines is 1. The summed E-state index contributed by atoms with van der Waals surface area (Å²) in [6.45, 7) is 1.70. The topological polar surface area (TPSA) is 66.5 Å². The molecule has 5 nitrogen and oxygen atoms in total. The van der Waals surface area contributed by atoms with E-state index in [9.17, 15) is 14.4 Å². The number of hydrogen-bond donors (Lipinski definition) is 1. The lowest BCUT2D eigenvalue weighted by Crippen LogP contribution is -2.38. The molecule has 1 N–H and O–H groups in total. The summed E-state index contributed by atoms with van der Waals surface area (Å²) in [7, 11) is 0. The Morgan fingerprint density at radius 2 is 1.83 bits per heavy atom. The number of fused-ring (bicyclic) bond motifs is 1. The largest absolute Gasteiger partial charge is 0.325 e. The highest BCUT2D eigenvalue weighted by atomic mass is 79.9. The number of halogens is 1. The number of carbonyl (C=O) groups excluding carboxylic acids is 3. The van der Waals surface area contributed by atoms with Crippen molar-refractivity contribution in [2.45, 2.75) is 19.8 Å². The molecular weight excluding hydrogens is 360 g/mol. The molecule has 3 amide bonds. The summed E-state index contributed by atoms with van der Waals surface area (Å²) in [6.07, 6.45) is 5.03. The average molecular weight is 377 g/mol. The molecule has 2 unspecified atom stereocenters. The number of carbonyl (C=O) groups is 3. The maximum atomic E-state index is 12.3. The van der Waals surface area contributed by atoms with Crippen LogP contribution in [0.25, 0.3) is 0 Å². The standard InChI is InChI=1S/C17H17BrN2O3/c1-10-8-11(6-7-14(10)18)19-15(21)9-20-16(22)12-4-2-3-5-13(12)17(20)23/h2-3,6-8,12-13H,4-5,9H2,1H3,(H,19,21). The average Bonchev–Trinajstić information content (AvgIpc) is 2.76. The summed E-state index contributed by atoms with van der Waals surface area (Å²) in [4.78, 5) is 37.9. The van der Waals surface area contributed by atoms with Crippen molar-refractivity contribution in [1.29, 1.82) is 0 Å². The Kier molecular flexibility index (Phi) is 4.35. The molecule has 0 radical (unpaired) electrons. The molecule has 2 atom stereocenters. The number of benzene rings is 1. The second-order valence-corrected chi connectivity index (χ2v) is 6.78. The zero-order valence-electron chi connectivity index (χ0n) is 12.7. The van der Waals surface area contributed by atoms with E-state index >= 15 is 0 Å². The van der Waals surface area contributed by atoms with E-state index < -0.39 is 0 Å². The van der Waals surface area contributed by atoms with E-state index in [1.54, 1.807) is 6.07 Å². The SMILES string of the molecule is Cc1cc(NC(=O)CN2C(=O)C3CC=CCC3C2=O)ccc1Br. The lowest BCUT2D eigenvalue weighted by molar-refractivity contribution is -0.142. The van der Waals surface area contributed by atoms with Crippen molar-refractivity contribution in [3.8, 4) is 0 Å². The smallest absolute Gasteiger partial charge is 0.244 e. The molecule has 0 saturated carbocycles. The van der Waals surface area contributed by atoms with Crippen LogP contribution >= 0.6 is 15.9 Å². The third kappa shape index (κ3) is 3.08. The van der Waals surface area contributed by atoms with Gasteiger partial charge < -0.3 is 5.32 Å². The minimum atomic E-state index is -0.361. The monoisotopic (exact) mass is 376 g/mol. The van der Waals surface area contributed by atoms with Gasteiger partial charge in [0.1, 0.15) is 6.54 Å². The van der Waals surface area contributed by atoms with Gasteiger partial charge in [-0.3, -0.25) is 19.3 Å². The zero-order valence-corrected chi connectivity index (χ0v) is 14.3. The van der Waals surface area contributed by atoms with E-state index in [1.165, 1.54) is 0 Å². The maximum Gasteiger partial charge on any atom is 0.244 e. The molecule has 23 heavy (non-hydrogen) atoms. The molecular formula is C17H17BrN2O3. The molecule has 1 saturated heterocycles. The Morgan fingerprint density at radius 3 is 2.39 bits per heavy atom. The molecule has 1 aliphatic carbocycles. The molecule has 1 fully saturated rings. The number of nitrogens with one attached hydrogen (secondary N) is 1. The number of imide groups is 1. The molecule has 0 aromatic heterocycles. The van der Waals surface area contributed by atoms with Gasteiger partial charge in [0.05, 0.1) is 11.8 Å². The highest BCUT2D eigenvalue weighted by molar-refractivity contribution is 9.10. The van der Waals surface area contributed by atoms with Crippen LogP contribution in [0, 0.1) is 18.8 Å². The van der Waals surface area contributed by atoms with Crippen molar-refractivity contribution in [2.75, 3.05) is 11.9 Å². The van der Waals surface area contributed by atoms with Crippen LogP contribution in [0.5, 0.6) is 0 Å². The molecule has 2 aliphatic rings. The van der Waals surface area contributed by atoms with Gasteiger partial charge in [0, 0.05) is 10.2 Å². The minimum Gasteiger partial charge on any atom is -0.325 e. The third-order valence-electron chi connectivity index (χ3n) is 4.34. The van der Waals surface area contributed by atoms with Crippen LogP contribution in [0.15, 0.2) is 34.8 Å². The van der Waals surface area contributed by atoms with Crippen LogP contribution in [0.3, 0.4) is 0 Å². The Hall–Kier alpha value is -1.95. The minimum absolute atomic E-state index is 0.222. The molecule has 6 heteroatoms. The van der Waals surface area contributed by atoms with Gasteiger partial charge in [0.25, 0.3) is 0 Å². The summed E-state index contributed by atoms with van der Waals surface area (Å²) in [6, 6.07) is 5.45. The van der Waals surface area contributed by atoms with Gasteiger partial charge in [-0.05, 0) is 43.5 Å². The Morgan fingerprint density at radius 1 is 1.22 bits per heavy atom. The summed E-state index contributed by atoms with van der Waals surface area (Å²) in [5.74, 6) is -1.41. The number of likely N-dealkylation sites (tertiary alicyclic amines) is 1. The van der Waals surface area contributed by atoms with Crippen molar-refractivity contribution in [3.63, 3.8) is 0 Å². The number of amides is 3. The second kappa shape index (κ2) is 6.28. The lowest BCUT2D eigenvalue weighted by atomic mass is 9.85. The summed E-state index contributed by atoms with van der Waals surface area (Å²) in [5.41, 5.74) is 1.64. The van der Waals surface area contributed by atoms with E-state index in [-0.39, 0.29) is 36.1 Å². The lowest BCUT2D eigenvalue weighted by Gasteiger charge is -2.14. The second-order valence-electron chi connectivity index (χ2n) is 5.93. The summed E-state index contributed by atoms with van der Waals surface area (Å²) >= 11 is 3.40. The number of rotatable bonds is 3. The quantitative estimate of drug-likeness (QED) is 0.651. The van der Waals surface area contributed by atoms with Crippen molar-refractivity contribution >= 4 is 39.3 Å². The number of aryl methyl sites for hydroxylation is 1. The molecule has 1 aliphatic heterocycles. The highest BCUT2D eigenvalue weighted by Gasteiger charge is 2.47. The molecule has 1 aromatic rings. The highest BCUT2D eigenvalue weighted by Crippen LogP contribution is 2.34. The zero-order chi connectivity index (χ0) is 16.6. The first-order valence-electron chi connectivity index (χ1n) is 7.53. The van der Waals surface area contributed by atoms with E-state index in [0.717, 1.165) is 14.9 Å². The first-order valence-corrected chi connectivity index (χ1v) is 8.33. The number of allylic oxidation sites excluding steroid dienone is 2. The van der Waals surface area contributed by atoms with Crippen molar-refractivity contribution in [1.82, 2.24) is 4.90 Å². The van der Waals surface area contributed by atoms with Crippen molar-refractivity contribution in [2.24, 2.45) is 11.8 Å². The fraction of sp³-hybridized carbons (Fsp3) is 0.353. The molecule has 1 heterocycles. The van der Waals surface area contributed by atoms with Gasteiger partial charge in [-0.1, -0.05) is 28.1 Å². The normalized spacial score (nSPS) is 23.1. The van der Waals surface area contributed by atoms with E-state index in [4.69, 9.17) is 0 Å². The number of nitrogens with zero attached hydrogens (tertiary/aromatic N) is 1. The molecule has 0 bridgehead atoms. The fourth-order valence-corrected chi connectivity index (χ4v) is 3.34. The Bertz CT molecular complexity index is 688. The Balaban J connectivity index is 1.67. The van der Waals surface area contributed by atoms with Crippen LogP contribution in [0.2, 0.25) is 0 Å². The predicted molar refractivity (Wildman–Crippen MR) is 89.6 cm³/mol. The summed E-state index contributed by atoms with van der Waals surface area (Å²) < 4.78 is 0.956. The van der Waals surface area contributed by atoms with Crippen molar-refractivity contribution in [3.05, 3.63) is 40.4 Å². The van der Waals surface area contributed by atoms with Crippen LogP contribution in [-0.2, 0) is 14.4 Å². The van der Waals surface area contributed by atoms with Crippen LogP contribution in [-0.4, -0.2) is 29.2 Å². The van der Waals surface area contributed by atoms with E-state index in [0.29, 0.717) is 18.5 Å². The van der Waals surface area contributed by atoms with Crippen LogP contribution < -0.4 is 5.32 Å². The van der Waals surface area contributed by atoms with Gasteiger partial charge in [0.15, 0.2) is 0 Å². The number of hydrogen-bond acceptors (Lipinski definition) is 3. The van der Waals surface area contributed by atoms with Gasteiger partial charge in [-0.2, -0.15) is 0 Å². The molecule has 1 aromatic carbocycles. The fourth-order valence-electron chi connectivity index (χ4n) is 3.09. The predicted octanol–water partition coefficient (Wildman–Crippen LogP) is 2.65. The van der Waals surface area contributed by atoms with Gasteiger partial charge in [0.2, 0.25) is 17.7 Å². The molecule has 3 rings (SSSR count). The van der Waals surface area contributed by atoms with Gasteiger partial charge in [-0.25, -0.2) is 0 Å². The van der Waals surface area contributed by atoms with Crippen LogP contribution in [0.4, 0.5) is 5.69 Å². The first kappa shape index (κ1) is 15.9.